The summed E-state index contributed by atoms with van der Waals surface area (Å²) in [5.74, 6) is -0.848. The van der Waals surface area contributed by atoms with E-state index in [0.29, 0.717) is 11.1 Å². The standard InChI is InChI=1S/C18H15FN2O2S/c19-17-10-14(7-8-18(17)24(21,22)23)16-6-2-5-15(16)13-4-1-3-12(9-13)11-20/h1,3-4,7-10H,2,5-6H2,(H2,21,22,23). The third kappa shape index (κ3) is 3.09. The predicted octanol–water partition coefficient (Wildman–Crippen LogP) is 3.44. The Bertz CT molecular complexity index is 988. The van der Waals surface area contributed by atoms with E-state index < -0.39 is 20.7 Å². The summed E-state index contributed by atoms with van der Waals surface area (Å²) in [5.41, 5.74) is 4.20. The first-order valence-electron chi connectivity index (χ1n) is 7.45. The number of nitrogens with two attached hydrogens (primary N) is 1. The fourth-order valence-electron chi connectivity index (χ4n) is 3.08. The maximum Gasteiger partial charge on any atom is 0.240 e. The van der Waals surface area contributed by atoms with E-state index in [-0.39, 0.29) is 0 Å². The topological polar surface area (TPSA) is 83.9 Å². The van der Waals surface area contributed by atoms with E-state index in [1.165, 1.54) is 12.1 Å². The van der Waals surface area contributed by atoms with Gasteiger partial charge >= 0.3 is 0 Å². The second-order valence-corrected chi connectivity index (χ2v) is 7.22. The van der Waals surface area contributed by atoms with Crippen LogP contribution in [0, 0.1) is 17.1 Å². The molecule has 0 amide bonds. The van der Waals surface area contributed by atoms with Crippen molar-refractivity contribution in [2.24, 2.45) is 5.14 Å². The molecule has 6 heteroatoms. The average molecular weight is 342 g/mol. The van der Waals surface area contributed by atoms with Gasteiger partial charge in [-0.15, -0.1) is 0 Å². The number of hydrogen-bond acceptors (Lipinski definition) is 3. The second kappa shape index (κ2) is 6.19. The van der Waals surface area contributed by atoms with E-state index in [4.69, 9.17) is 10.4 Å². The van der Waals surface area contributed by atoms with Gasteiger partial charge in [-0.05, 0) is 65.8 Å². The summed E-state index contributed by atoms with van der Waals surface area (Å²) in [6.07, 6.45) is 2.54. The summed E-state index contributed by atoms with van der Waals surface area (Å²) < 4.78 is 36.8. The van der Waals surface area contributed by atoms with Gasteiger partial charge in [-0.25, -0.2) is 17.9 Å². The molecule has 0 atom stereocenters. The van der Waals surface area contributed by atoms with Crippen LogP contribution in [0.15, 0.2) is 47.4 Å². The Morgan fingerprint density at radius 2 is 1.71 bits per heavy atom. The zero-order chi connectivity index (χ0) is 17.3. The molecule has 4 nitrogen and oxygen atoms in total. The van der Waals surface area contributed by atoms with Crippen LogP contribution in [0.25, 0.3) is 11.1 Å². The molecular weight excluding hydrogens is 327 g/mol. The van der Waals surface area contributed by atoms with Gasteiger partial charge in [0.25, 0.3) is 0 Å². The van der Waals surface area contributed by atoms with E-state index in [2.05, 4.69) is 6.07 Å². The molecule has 0 aromatic heterocycles. The number of nitrogens with zero attached hydrogens (tertiary/aromatic N) is 1. The molecule has 0 unspecified atom stereocenters. The minimum absolute atomic E-state index is 0.502. The molecule has 0 heterocycles. The Morgan fingerprint density at radius 1 is 1.04 bits per heavy atom. The van der Waals surface area contributed by atoms with Crippen LogP contribution in [-0.4, -0.2) is 8.42 Å². The van der Waals surface area contributed by atoms with Crippen LogP contribution in [0.5, 0.6) is 0 Å². The molecule has 0 saturated carbocycles. The molecule has 0 aliphatic heterocycles. The van der Waals surface area contributed by atoms with Crippen molar-refractivity contribution in [3.8, 4) is 6.07 Å². The molecule has 122 valence electrons. The van der Waals surface area contributed by atoms with Crippen LogP contribution >= 0.6 is 0 Å². The fourth-order valence-corrected chi connectivity index (χ4v) is 3.67. The highest BCUT2D eigenvalue weighted by Gasteiger charge is 2.21. The van der Waals surface area contributed by atoms with Gasteiger partial charge in [-0.1, -0.05) is 18.2 Å². The largest absolute Gasteiger partial charge is 0.240 e. The summed E-state index contributed by atoms with van der Waals surface area (Å²) in [6, 6.07) is 13.4. The third-order valence-corrected chi connectivity index (χ3v) is 5.09. The Labute approximate surface area is 140 Å². The Hall–Kier alpha value is -2.49. The molecule has 1 aliphatic rings. The van der Waals surface area contributed by atoms with Crippen LogP contribution in [0.2, 0.25) is 0 Å². The van der Waals surface area contributed by atoms with E-state index in [0.717, 1.165) is 36.0 Å². The van der Waals surface area contributed by atoms with Crippen molar-refractivity contribution in [3.05, 3.63) is 65.0 Å². The lowest BCUT2D eigenvalue weighted by Gasteiger charge is -2.10. The molecule has 0 saturated heterocycles. The van der Waals surface area contributed by atoms with Crippen molar-refractivity contribution in [2.45, 2.75) is 24.2 Å². The van der Waals surface area contributed by atoms with Gasteiger partial charge in [0.2, 0.25) is 10.0 Å². The lowest BCUT2D eigenvalue weighted by atomic mass is 9.96. The Morgan fingerprint density at radius 3 is 2.29 bits per heavy atom. The van der Waals surface area contributed by atoms with E-state index in [1.807, 2.05) is 18.2 Å². The third-order valence-electron chi connectivity index (χ3n) is 4.14. The minimum Gasteiger partial charge on any atom is -0.225 e. The maximum absolute atomic E-state index is 14.1. The second-order valence-electron chi connectivity index (χ2n) is 5.69. The maximum atomic E-state index is 14.1. The van der Waals surface area contributed by atoms with Crippen LogP contribution in [0.3, 0.4) is 0 Å². The first-order chi connectivity index (χ1) is 11.4. The number of nitriles is 1. The number of sulfonamides is 1. The Kier molecular flexibility index (Phi) is 4.22. The van der Waals surface area contributed by atoms with Gasteiger partial charge in [-0.3, -0.25) is 0 Å². The van der Waals surface area contributed by atoms with Gasteiger partial charge in [0.05, 0.1) is 11.6 Å². The summed E-state index contributed by atoms with van der Waals surface area (Å²) in [5, 5.41) is 14.0. The minimum atomic E-state index is -4.08. The number of primary sulfonamides is 1. The van der Waals surface area contributed by atoms with Crippen molar-refractivity contribution in [1.29, 1.82) is 5.26 Å². The van der Waals surface area contributed by atoms with Gasteiger partial charge < -0.3 is 0 Å². The number of halogens is 1. The lowest BCUT2D eigenvalue weighted by Crippen LogP contribution is -2.14. The normalized spacial score (nSPS) is 14.7. The first kappa shape index (κ1) is 16.4. The van der Waals surface area contributed by atoms with E-state index >= 15 is 0 Å². The highest BCUT2D eigenvalue weighted by atomic mass is 32.2. The summed E-state index contributed by atoms with van der Waals surface area (Å²) in [7, 11) is -4.08. The van der Waals surface area contributed by atoms with Crippen LogP contribution in [0.1, 0.15) is 36.0 Å². The quantitative estimate of drug-likeness (QED) is 0.927. The van der Waals surface area contributed by atoms with Crippen molar-refractivity contribution in [3.63, 3.8) is 0 Å². The van der Waals surface area contributed by atoms with Crippen LogP contribution in [-0.2, 0) is 10.0 Å². The molecule has 24 heavy (non-hydrogen) atoms. The molecule has 3 rings (SSSR count). The fraction of sp³-hybridized carbons (Fsp3) is 0.167. The monoisotopic (exact) mass is 342 g/mol. The number of rotatable bonds is 3. The summed E-state index contributed by atoms with van der Waals surface area (Å²) in [4.78, 5) is -0.502. The molecule has 0 bridgehead atoms. The van der Waals surface area contributed by atoms with E-state index in [9.17, 15) is 12.8 Å². The van der Waals surface area contributed by atoms with Crippen molar-refractivity contribution >= 4 is 21.2 Å². The number of hydrogen-bond donors (Lipinski definition) is 1. The van der Waals surface area contributed by atoms with Crippen LogP contribution in [0.4, 0.5) is 4.39 Å². The molecule has 1 aliphatic carbocycles. The Balaban J connectivity index is 2.10. The van der Waals surface area contributed by atoms with Gasteiger partial charge in [0.15, 0.2) is 0 Å². The SMILES string of the molecule is N#Cc1cccc(C2=C(c3ccc(S(N)(=O)=O)c(F)c3)CCC2)c1. The molecular formula is C18H15FN2O2S. The zero-order valence-corrected chi connectivity index (χ0v) is 13.6. The van der Waals surface area contributed by atoms with Crippen molar-refractivity contribution in [2.75, 3.05) is 0 Å². The van der Waals surface area contributed by atoms with Gasteiger partial charge in [0, 0.05) is 0 Å². The number of allylic oxidation sites excluding steroid dienone is 2. The van der Waals surface area contributed by atoms with Crippen molar-refractivity contribution < 1.29 is 12.8 Å². The number of benzene rings is 2. The summed E-state index contributed by atoms with van der Waals surface area (Å²) in [6.45, 7) is 0. The highest BCUT2D eigenvalue weighted by Crippen LogP contribution is 2.40. The van der Waals surface area contributed by atoms with E-state index in [1.54, 1.807) is 12.1 Å². The van der Waals surface area contributed by atoms with Gasteiger partial charge in [0.1, 0.15) is 10.7 Å². The molecule has 2 aromatic rings. The summed E-state index contributed by atoms with van der Waals surface area (Å²) >= 11 is 0. The highest BCUT2D eigenvalue weighted by molar-refractivity contribution is 7.89. The smallest absolute Gasteiger partial charge is 0.225 e. The average Bonchev–Trinajstić information content (AvgIpc) is 3.03. The van der Waals surface area contributed by atoms with Crippen molar-refractivity contribution in [1.82, 2.24) is 0 Å². The predicted molar refractivity (Wildman–Crippen MR) is 89.6 cm³/mol. The first-order valence-corrected chi connectivity index (χ1v) is 9.00. The lowest BCUT2D eigenvalue weighted by molar-refractivity contribution is 0.568. The molecule has 0 radical (unpaired) electrons. The molecule has 2 N–H and O–H groups in total. The molecule has 0 spiro atoms. The molecule has 0 fully saturated rings. The molecule has 2 aromatic carbocycles. The zero-order valence-electron chi connectivity index (χ0n) is 12.8. The van der Waals surface area contributed by atoms with Gasteiger partial charge in [-0.2, -0.15) is 5.26 Å². The van der Waals surface area contributed by atoms with Crippen LogP contribution < -0.4 is 5.14 Å².